The lowest BCUT2D eigenvalue weighted by Gasteiger charge is -2.08. The molecule has 146 valence electrons. The minimum Gasteiger partial charge on any atom is -0.367 e. The van der Waals surface area contributed by atoms with Crippen molar-refractivity contribution >= 4 is 34.3 Å². The van der Waals surface area contributed by atoms with Crippen LogP contribution in [0.5, 0.6) is 0 Å². The van der Waals surface area contributed by atoms with E-state index < -0.39 is 0 Å². The molecule has 0 saturated heterocycles. The first-order valence-corrected chi connectivity index (χ1v) is 9.35. The van der Waals surface area contributed by atoms with Gasteiger partial charge >= 0.3 is 0 Å². The summed E-state index contributed by atoms with van der Waals surface area (Å²) in [5, 5.41) is 18.4. The Morgan fingerprint density at radius 2 is 1.72 bits per heavy atom. The third-order valence-electron chi connectivity index (χ3n) is 4.36. The van der Waals surface area contributed by atoms with E-state index in [0.29, 0.717) is 37.0 Å². The summed E-state index contributed by atoms with van der Waals surface area (Å²) in [6, 6.07) is 17.2. The minimum atomic E-state index is -0.0162. The highest BCUT2D eigenvalue weighted by atomic mass is 16.1. The minimum absolute atomic E-state index is 0.0162. The summed E-state index contributed by atoms with van der Waals surface area (Å²) >= 11 is 0. The molecule has 0 unspecified atom stereocenters. The van der Waals surface area contributed by atoms with Crippen LogP contribution >= 0.6 is 0 Å². The molecule has 0 aliphatic rings. The molecule has 1 amide bonds. The number of para-hydroxylation sites is 1. The molecule has 0 saturated carbocycles. The van der Waals surface area contributed by atoms with E-state index in [1.807, 2.05) is 60.8 Å². The molecule has 0 aliphatic heterocycles. The Bertz CT molecular complexity index is 1080. The third-order valence-corrected chi connectivity index (χ3v) is 4.36. The van der Waals surface area contributed by atoms with Gasteiger partial charge in [0.05, 0.1) is 6.42 Å². The van der Waals surface area contributed by atoms with Crippen LogP contribution in [-0.2, 0) is 11.2 Å². The maximum absolute atomic E-state index is 12.2. The lowest BCUT2D eigenvalue weighted by molar-refractivity contribution is -0.120. The molecule has 29 heavy (non-hydrogen) atoms. The summed E-state index contributed by atoms with van der Waals surface area (Å²) in [5.74, 6) is 1.95. The fourth-order valence-corrected chi connectivity index (χ4v) is 2.97. The second-order valence-corrected chi connectivity index (χ2v) is 6.46. The van der Waals surface area contributed by atoms with E-state index in [1.54, 1.807) is 6.20 Å². The standard InChI is InChI=1S/C21H21N7O/c29-21(13-15-14-25-17-6-2-1-5-16(15)17)24-12-11-23-19-8-9-20(28-27-19)26-18-7-3-4-10-22-18/h1-10,14,25H,11-13H2,(H,23,27)(H,24,29)(H,22,26,28). The Balaban J connectivity index is 1.20. The number of fused-ring (bicyclic) bond motifs is 1. The highest BCUT2D eigenvalue weighted by Crippen LogP contribution is 2.18. The predicted molar refractivity (Wildman–Crippen MR) is 113 cm³/mol. The van der Waals surface area contributed by atoms with Crippen molar-refractivity contribution in [2.45, 2.75) is 6.42 Å². The van der Waals surface area contributed by atoms with Crippen molar-refractivity contribution in [1.29, 1.82) is 0 Å². The largest absolute Gasteiger partial charge is 0.367 e. The highest BCUT2D eigenvalue weighted by Gasteiger charge is 2.08. The Morgan fingerprint density at radius 1 is 0.897 bits per heavy atom. The SMILES string of the molecule is O=C(Cc1c[nH]c2ccccc12)NCCNc1ccc(Nc2ccccn2)nn1. The second kappa shape index (κ2) is 8.83. The first-order valence-electron chi connectivity index (χ1n) is 9.35. The number of aromatic nitrogens is 4. The Kier molecular flexibility index (Phi) is 5.61. The van der Waals surface area contributed by atoms with Crippen LogP contribution < -0.4 is 16.0 Å². The van der Waals surface area contributed by atoms with Crippen molar-refractivity contribution in [1.82, 2.24) is 25.5 Å². The van der Waals surface area contributed by atoms with Gasteiger partial charge in [0.15, 0.2) is 5.82 Å². The maximum Gasteiger partial charge on any atom is 0.224 e. The molecule has 4 rings (SSSR count). The molecule has 1 aromatic carbocycles. The number of rotatable bonds is 8. The topological polar surface area (TPSA) is 108 Å². The van der Waals surface area contributed by atoms with E-state index in [0.717, 1.165) is 16.5 Å². The first-order chi connectivity index (χ1) is 14.3. The van der Waals surface area contributed by atoms with Gasteiger partial charge in [-0.1, -0.05) is 24.3 Å². The number of nitrogens with one attached hydrogen (secondary N) is 4. The molecule has 4 aromatic rings. The Morgan fingerprint density at radius 3 is 2.55 bits per heavy atom. The number of aromatic amines is 1. The van der Waals surface area contributed by atoms with Crippen LogP contribution in [0.4, 0.5) is 17.5 Å². The fraction of sp³-hybridized carbons (Fsp3) is 0.143. The van der Waals surface area contributed by atoms with Crippen molar-refractivity contribution in [3.63, 3.8) is 0 Å². The first kappa shape index (κ1) is 18.4. The van der Waals surface area contributed by atoms with Crippen LogP contribution in [0, 0.1) is 0 Å². The zero-order valence-electron chi connectivity index (χ0n) is 15.7. The van der Waals surface area contributed by atoms with Crippen LogP contribution in [0.15, 0.2) is 67.0 Å². The Hall–Kier alpha value is -3.94. The zero-order chi connectivity index (χ0) is 19.9. The van der Waals surface area contributed by atoms with Gasteiger partial charge in [-0.25, -0.2) is 4.98 Å². The quantitative estimate of drug-likeness (QED) is 0.346. The predicted octanol–water partition coefficient (Wildman–Crippen LogP) is 2.87. The van der Waals surface area contributed by atoms with Crippen LogP contribution in [0.1, 0.15) is 5.56 Å². The third kappa shape index (κ3) is 4.86. The normalized spacial score (nSPS) is 10.6. The second-order valence-electron chi connectivity index (χ2n) is 6.46. The molecule has 0 spiro atoms. The van der Waals surface area contributed by atoms with Gasteiger partial charge in [-0.2, -0.15) is 0 Å². The maximum atomic E-state index is 12.2. The van der Waals surface area contributed by atoms with Gasteiger partial charge in [-0.3, -0.25) is 4.79 Å². The van der Waals surface area contributed by atoms with Gasteiger partial charge in [0.2, 0.25) is 5.91 Å². The number of carbonyl (C=O) groups excluding carboxylic acids is 1. The molecular weight excluding hydrogens is 366 g/mol. The number of H-pyrrole nitrogens is 1. The Labute approximate surface area is 167 Å². The fourth-order valence-electron chi connectivity index (χ4n) is 2.97. The van der Waals surface area contributed by atoms with E-state index in [9.17, 15) is 4.79 Å². The number of nitrogens with zero attached hydrogens (tertiary/aromatic N) is 3. The van der Waals surface area contributed by atoms with Gasteiger partial charge in [0.25, 0.3) is 0 Å². The van der Waals surface area contributed by atoms with Crippen LogP contribution in [0.3, 0.4) is 0 Å². The highest BCUT2D eigenvalue weighted by molar-refractivity contribution is 5.88. The number of hydrogen-bond acceptors (Lipinski definition) is 6. The molecule has 0 atom stereocenters. The van der Waals surface area contributed by atoms with Crippen LogP contribution in [-0.4, -0.2) is 39.2 Å². The summed E-state index contributed by atoms with van der Waals surface area (Å²) in [6.45, 7) is 1.05. The van der Waals surface area contributed by atoms with Gasteiger partial charge in [-0.15, -0.1) is 10.2 Å². The van der Waals surface area contributed by atoms with Gasteiger partial charge < -0.3 is 20.9 Å². The monoisotopic (exact) mass is 387 g/mol. The summed E-state index contributed by atoms with van der Waals surface area (Å²) in [7, 11) is 0. The molecule has 3 heterocycles. The molecule has 0 bridgehead atoms. The molecule has 4 N–H and O–H groups in total. The summed E-state index contributed by atoms with van der Waals surface area (Å²) in [5.41, 5.74) is 2.03. The lowest BCUT2D eigenvalue weighted by Crippen LogP contribution is -2.30. The molecule has 0 aliphatic carbocycles. The van der Waals surface area contributed by atoms with Gasteiger partial charge in [-0.05, 0) is 35.9 Å². The molecule has 3 aromatic heterocycles. The summed E-state index contributed by atoms with van der Waals surface area (Å²) < 4.78 is 0. The molecular formula is C21H21N7O. The smallest absolute Gasteiger partial charge is 0.224 e. The number of anilines is 3. The van der Waals surface area contributed by atoms with E-state index in [4.69, 9.17) is 0 Å². The number of hydrogen-bond donors (Lipinski definition) is 4. The van der Waals surface area contributed by atoms with Crippen LogP contribution in [0.2, 0.25) is 0 Å². The van der Waals surface area contributed by atoms with E-state index in [2.05, 4.69) is 36.1 Å². The van der Waals surface area contributed by atoms with E-state index >= 15 is 0 Å². The van der Waals surface area contributed by atoms with Crippen molar-refractivity contribution in [3.8, 4) is 0 Å². The number of pyridine rings is 1. The number of benzene rings is 1. The van der Waals surface area contributed by atoms with Crippen molar-refractivity contribution in [2.24, 2.45) is 0 Å². The molecule has 0 fully saturated rings. The van der Waals surface area contributed by atoms with E-state index in [-0.39, 0.29) is 5.91 Å². The van der Waals surface area contributed by atoms with Crippen molar-refractivity contribution < 1.29 is 4.79 Å². The molecule has 8 heteroatoms. The van der Waals surface area contributed by atoms with Gasteiger partial charge in [0, 0.05) is 36.4 Å². The summed E-state index contributed by atoms with van der Waals surface area (Å²) in [4.78, 5) is 19.6. The van der Waals surface area contributed by atoms with Crippen molar-refractivity contribution in [3.05, 3.63) is 72.6 Å². The average molecular weight is 387 g/mol. The summed E-state index contributed by atoms with van der Waals surface area (Å²) in [6.07, 6.45) is 3.94. The number of amides is 1. The van der Waals surface area contributed by atoms with Gasteiger partial charge in [0.1, 0.15) is 11.6 Å². The van der Waals surface area contributed by atoms with Crippen LogP contribution in [0.25, 0.3) is 10.9 Å². The number of carbonyl (C=O) groups is 1. The lowest BCUT2D eigenvalue weighted by atomic mass is 10.1. The average Bonchev–Trinajstić information content (AvgIpc) is 3.16. The van der Waals surface area contributed by atoms with E-state index in [1.165, 1.54) is 0 Å². The van der Waals surface area contributed by atoms with Crippen molar-refractivity contribution in [2.75, 3.05) is 23.7 Å². The molecule has 8 nitrogen and oxygen atoms in total. The zero-order valence-corrected chi connectivity index (χ0v) is 15.7. The molecule has 0 radical (unpaired) electrons.